The van der Waals surface area contributed by atoms with Crippen molar-refractivity contribution in [2.45, 2.75) is 20.4 Å². The minimum Gasteiger partial charge on any atom is -0.451 e. The lowest BCUT2D eigenvalue weighted by molar-refractivity contribution is -0.130. The van der Waals surface area contributed by atoms with Crippen LogP contribution in [0.4, 0.5) is 4.79 Å². The topological polar surface area (TPSA) is 111 Å². The number of carbonyl (C=O) groups is 3. The summed E-state index contributed by atoms with van der Waals surface area (Å²) >= 11 is 0. The lowest BCUT2D eigenvalue weighted by atomic mass is 10.1. The summed E-state index contributed by atoms with van der Waals surface area (Å²) in [5, 5.41) is 7.37. The maximum atomic E-state index is 12.6. The molecular weight excluding hydrogens is 352 g/mol. The molecule has 0 saturated carbocycles. The summed E-state index contributed by atoms with van der Waals surface area (Å²) in [5.41, 5.74) is -0.329. The number of benzene rings is 1. The second-order valence-corrected chi connectivity index (χ2v) is 6.63. The van der Waals surface area contributed by atoms with Gasteiger partial charge in [-0.2, -0.15) is 5.10 Å². The molecule has 2 aromatic rings. The van der Waals surface area contributed by atoms with Crippen LogP contribution in [0.15, 0.2) is 29.1 Å². The van der Waals surface area contributed by atoms with Crippen LogP contribution < -0.4 is 10.9 Å². The van der Waals surface area contributed by atoms with Crippen molar-refractivity contribution in [1.29, 1.82) is 0 Å². The molecule has 1 aliphatic heterocycles. The van der Waals surface area contributed by atoms with E-state index in [2.05, 4.69) is 10.4 Å². The largest absolute Gasteiger partial charge is 0.451 e. The molecular formula is C18H20N4O5. The second kappa shape index (κ2) is 7.56. The quantitative estimate of drug-likeness (QED) is 0.776. The molecule has 0 bridgehead atoms. The molecule has 3 amide bonds. The molecule has 3 rings (SSSR count). The van der Waals surface area contributed by atoms with E-state index in [0.29, 0.717) is 23.9 Å². The highest BCUT2D eigenvalue weighted by molar-refractivity contribution is 6.03. The summed E-state index contributed by atoms with van der Waals surface area (Å²) < 4.78 is 6.31. The zero-order valence-electron chi connectivity index (χ0n) is 15.1. The number of imide groups is 1. The van der Waals surface area contributed by atoms with Gasteiger partial charge in [-0.3, -0.25) is 14.5 Å². The molecule has 1 N–H and O–H groups in total. The Kier molecular flexibility index (Phi) is 5.20. The van der Waals surface area contributed by atoms with E-state index in [9.17, 15) is 19.2 Å². The molecule has 1 saturated heterocycles. The van der Waals surface area contributed by atoms with Crippen LogP contribution in [0.5, 0.6) is 0 Å². The van der Waals surface area contributed by atoms with Crippen LogP contribution in [-0.4, -0.2) is 52.3 Å². The van der Waals surface area contributed by atoms with Crippen molar-refractivity contribution >= 4 is 28.7 Å². The minimum atomic E-state index is -0.823. The van der Waals surface area contributed by atoms with Crippen molar-refractivity contribution in [3.05, 3.63) is 40.3 Å². The van der Waals surface area contributed by atoms with Gasteiger partial charge in [0, 0.05) is 25.0 Å². The van der Waals surface area contributed by atoms with E-state index in [4.69, 9.17) is 4.74 Å². The van der Waals surface area contributed by atoms with Crippen molar-refractivity contribution in [2.24, 2.45) is 5.92 Å². The van der Waals surface area contributed by atoms with Crippen LogP contribution in [0.25, 0.3) is 10.8 Å². The Morgan fingerprint density at radius 3 is 2.56 bits per heavy atom. The first kappa shape index (κ1) is 18.6. The van der Waals surface area contributed by atoms with Crippen LogP contribution in [0.2, 0.25) is 0 Å². The minimum absolute atomic E-state index is 0.0375. The van der Waals surface area contributed by atoms with Gasteiger partial charge in [0.05, 0.1) is 5.39 Å². The van der Waals surface area contributed by atoms with Gasteiger partial charge in [0.15, 0.2) is 12.3 Å². The predicted molar refractivity (Wildman–Crippen MR) is 96.2 cm³/mol. The van der Waals surface area contributed by atoms with Crippen LogP contribution in [0.3, 0.4) is 0 Å². The second-order valence-electron chi connectivity index (χ2n) is 6.63. The fourth-order valence-corrected chi connectivity index (χ4v) is 2.84. The van der Waals surface area contributed by atoms with E-state index in [-0.39, 0.29) is 23.7 Å². The lowest BCUT2D eigenvalue weighted by Gasteiger charge is -2.14. The van der Waals surface area contributed by atoms with Gasteiger partial charge in [0.1, 0.15) is 0 Å². The van der Waals surface area contributed by atoms with E-state index in [1.165, 1.54) is 4.68 Å². The van der Waals surface area contributed by atoms with Gasteiger partial charge < -0.3 is 10.1 Å². The average Bonchev–Trinajstić information content (AvgIpc) is 3.07. The number of hydrogen-bond acceptors (Lipinski definition) is 6. The summed E-state index contributed by atoms with van der Waals surface area (Å²) in [5.74, 6) is -1.29. The van der Waals surface area contributed by atoms with Gasteiger partial charge in [-0.25, -0.2) is 14.3 Å². The standard InChI is InChI=1S/C18H20N4O5/c1-11(2)9-22-16(24)13-6-4-3-5-12(13)15(20-22)17(25)27-10-14(23)21-8-7-19-18(21)26/h3-6,11H,7-10H2,1-2H3,(H,19,26). The third-order valence-corrected chi connectivity index (χ3v) is 4.08. The Morgan fingerprint density at radius 2 is 1.93 bits per heavy atom. The van der Waals surface area contributed by atoms with Gasteiger partial charge in [-0.05, 0) is 12.0 Å². The molecule has 0 atom stereocenters. The predicted octanol–water partition coefficient (Wildman–Crippen LogP) is 0.761. The number of hydrogen-bond donors (Lipinski definition) is 1. The number of nitrogens with zero attached hydrogens (tertiary/aromatic N) is 3. The number of fused-ring (bicyclic) bond motifs is 1. The lowest BCUT2D eigenvalue weighted by Crippen LogP contribution is -2.37. The highest BCUT2D eigenvalue weighted by atomic mass is 16.5. The zero-order chi connectivity index (χ0) is 19.6. The number of esters is 1. The maximum Gasteiger partial charge on any atom is 0.359 e. The van der Waals surface area contributed by atoms with E-state index in [1.807, 2.05) is 13.8 Å². The normalized spacial score (nSPS) is 13.9. The number of nitrogens with one attached hydrogen (secondary N) is 1. The summed E-state index contributed by atoms with van der Waals surface area (Å²) in [4.78, 5) is 49.6. The van der Waals surface area contributed by atoms with E-state index >= 15 is 0 Å². The van der Waals surface area contributed by atoms with E-state index in [0.717, 1.165) is 4.90 Å². The molecule has 2 heterocycles. The Labute approximate surface area is 154 Å². The third kappa shape index (κ3) is 3.81. The first-order valence-electron chi connectivity index (χ1n) is 8.63. The van der Waals surface area contributed by atoms with Crippen LogP contribution >= 0.6 is 0 Å². The number of amides is 3. The van der Waals surface area contributed by atoms with Gasteiger partial charge in [-0.15, -0.1) is 0 Å². The average molecular weight is 372 g/mol. The van der Waals surface area contributed by atoms with Crippen LogP contribution in [-0.2, 0) is 16.1 Å². The van der Waals surface area contributed by atoms with Crippen molar-refractivity contribution in [3.63, 3.8) is 0 Å². The maximum absolute atomic E-state index is 12.6. The van der Waals surface area contributed by atoms with Gasteiger partial charge in [-0.1, -0.05) is 32.0 Å². The summed E-state index contributed by atoms with van der Waals surface area (Å²) in [6.45, 7) is 4.23. The molecule has 1 aromatic heterocycles. The van der Waals surface area contributed by atoms with Crippen molar-refractivity contribution < 1.29 is 19.1 Å². The highest BCUT2D eigenvalue weighted by Crippen LogP contribution is 2.15. The molecule has 0 radical (unpaired) electrons. The van der Waals surface area contributed by atoms with Crippen molar-refractivity contribution in [3.8, 4) is 0 Å². The Morgan fingerprint density at radius 1 is 1.22 bits per heavy atom. The van der Waals surface area contributed by atoms with Gasteiger partial charge >= 0.3 is 12.0 Å². The molecule has 1 fully saturated rings. The smallest absolute Gasteiger partial charge is 0.359 e. The molecule has 27 heavy (non-hydrogen) atoms. The SMILES string of the molecule is CC(C)Cn1nc(C(=O)OCC(=O)N2CCNC2=O)c2ccccc2c1=O. The Balaban J connectivity index is 1.87. The molecule has 0 unspecified atom stereocenters. The molecule has 0 aliphatic carbocycles. The number of rotatable bonds is 5. The molecule has 9 heteroatoms. The van der Waals surface area contributed by atoms with E-state index < -0.39 is 24.5 Å². The summed E-state index contributed by atoms with van der Waals surface area (Å²) in [6.07, 6.45) is 0. The summed E-state index contributed by atoms with van der Waals surface area (Å²) in [6, 6.07) is 6.11. The van der Waals surface area contributed by atoms with Crippen LogP contribution in [0.1, 0.15) is 24.3 Å². The zero-order valence-corrected chi connectivity index (χ0v) is 15.1. The first-order chi connectivity index (χ1) is 12.9. The summed E-state index contributed by atoms with van der Waals surface area (Å²) in [7, 11) is 0. The number of urea groups is 1. The highest BCUT2D eigenvalue weighted by Gasteiger charge is 2.27. The molecule has 9 nitrogen and oxygen atoms in total. The van der Waals surface area contributed by atoms with Gasteiger partial charge in [0.25, 0.3) is 11.5 Å². The van der Waals surface area contributed by atoms with Crippen molar-refractivity contribution in [2.75, 3.05) is 19.7 Å². The monoisotopic (exact) mass is 372 g/mol. The molecule has 1 aliphatic rings. The number of aromatic nitrogens is 2. The fourth-order valence-electron chi connectivity index (χ4n) is 2.84. The van der Waals surface area contributed by atoms with Gasteiger partial charge in [0.2, 0.25) is 0 Å². The van der Waals surface area contributed by atoms with E-state index in [1.54, 1.807) is 24.3 Å². The molecule has 0 spiro atoms. The third-order valence-electron chi connectivity index (χ3n) is 4.08. The first-order valence-corrected chi connectivity index (χ1v) is 8.63. The van der Waals surface area contributed by atoms with Crippen LogP contribution in [0, 0.1) is 5.92 Å². The number of ether oxygens (including phenoxy) is 1. The molecule has 1 aromatic carbocycles. The Hall–Kier alpha value is -3.23. The van der Waals surface area contributed by atoms with Crippen molar-refractivity contribution in [1.82, 2.24) is 20.0 Å². The number of carbonyl (C=O) groups excluding carboxylic acids is 3. The Bertz CT molecular complexity index is 966. The molecule has 142 valence electrons. The fraction of sp³-hybridized carbons (Fsp3) is 0.389.